The zero-order valence-corrected chi connectivity index (χ0v) is 20.3. The predicted octanol–water partition coefficient (Wildman–Crippen LogP) is 2.73. The second-order valence-electron chi connectivity index (χ2n) is 7.79. The van der Waals surface area contributed by atoms with E-state index in [4.69, 9.17) is 14.5 Å². The maximum absolute atomic E-state index is 5.81. The summed E-state index contributed by atoms with van der Waals surface area (Å²) in [4.78, 5) is 11.8. The molecule has 7 nitrogen and oxygen atoms in total. The number of nitrogens with one attached hydrogen (secondary N) is 2. The van der Waals surface area contributed by atoms with Crippen LogP contribution in [0, 0.1) is 6.92 Å². The lowest BCUT2D eigenvalue weighted by atomic mass is 9.94. The van der Waals surface area contributed by atoms with Gasteiger partial charge >= 0.3 is 0 Å². The number of rotatable bonds is 6. The molecule has 1 aromatic rings. The molecule has 0 saturated carbocycles. The normalized spacial score (nSPS) is 20.1. The van der Waals surface area contributed by atoms with Crippen LogP contribution in [0.4, 0.5) is 5.82 Å². The van der Waals surface area contributed by atoms with E-state index < -0.39 is 0 Å². The van der Waals surface area contributed by atoms with Gasteiger partial charge in [0.2, 0.25) is 0 Å². The molecule has 0 amide bonds. The molecule has 3 rings (SSSR count). The third kappa shape index (κ3) is 6.96. The Balaban J connectivity index is 0.00000300. The van der Waals surface area contributed by atoms with Crippen LogP contribution in [0.3, 0.4) is 0 Å². The quantitative estimate of drug-likeness (QED) is 0.344. The highest BCUT2D eigenvalue weighted by Gasteiger charge is 2.32. The number of hydrogen-bond donors (Lipinski definition) is 2. The van der Waals surface area contributed by atoms with Gasteiger partial charge in [-0.2, -0.15) is 0 Å². The van der Waals surface area contributed by atoms with E-state index in [1.165, 1.54) is 5.56 Å². The number of nitrogens with zero attached hydrogens (tertiary/aromatic N) is 3. The predicted molar refractivity (Wildman–Crippen MR) is 129 cm³/mol. The first-order valence-electron chi connectivity index (χ1n) is 10.5. The summed E-state index contributed by atoms with van der Waals surface area (Å²) in [5, 5.41) is 7.01. The summed E-state index contributed by atoms with van der Waals surface area (Å²) in [7, 11) is 1.79. The highest BCUT2D eigenvalue weighted by atomic mass is 127. The van der Waals surface area contributed by atoms with Gasteiger partial charge in [-0.15, -0.1) is 24.0 Å². The molecular formula is C21H36IN5O2. The minimum atomic E-state index is -0.193. The maximum atomic E-state index is 5.81. The first-order valence-corrected chi connectivity index (χ1v) is 10.5. The molecule has 8 heteroatoms. The van der Waals surface area contributed by atoms with Crippen molar-refractivity contribution in [2.75, 3.05) is 51.4 Å². The molecule has 2 saturated heterocycles. The molecule has 0 spiro atoms. The van der Waals surface area contributed by atoms with Crippen LogP contribution in [0.5, 0.6) is 0 Å². The number of aryl methyl sites for hydroxylation is 1. The Labute approximate surface area is 192 Å². The molecule has 0 aliphatic carbocycles. The van der Waals surface area contributed by atoms with E-state index in [2.05, 4.69) is 46.5 Å². The third-order valence-electron chi connectivity index (χ3n) is 5.76. The third-order valence-corrected chi connectivity index (χ3v) is 5.76. The van der Waals surface area contributed by atoms with Gasteiger partial charge < -0.3 is 25.0 Å². The van der Waals surface area contributed by atoms with E-state index in [1.807, 2.05) is 6.20 Å². The number of ether oxygens (including phenoxy) is 2. The van der Waals surface area contributed by atoms with Crippen LogP contribution in [0.1, 0.15) is 38.2 Å². The molecule has 164 valence electrons. The lowest BCUT2D eigenvalue weighted by Gasteiger charge is -2.35. The van der Waals surface area contributed by atoms with Gasteiger partial charge in [0.05, 0.1) is 12.1 Å². The molecule has 0 unspecified atom stereocenters. The molecule has 2 aliphatic heterocycles. The fourth-order valence-electron chi connectivity index (χ4n) is 3.81. The second-order valence-corrected chi connectivity index (χ2v) is 7.79. The topological polar surface area (TPSA) is 71.0 Å². The largest absolute Gasteiger partial charge is 0.381 e. The van der Waals surface area contributed by atoms with Gasteiger partial charge in [0.15, 0.2) is 5.96 Å². The molecule has 0 aromatic carbocycles. The van der Waals surface area contributed by atoms with E-state index in [0.29, 0.717) is 12.6 Å². The van der Waals surface area contributed by atoms with Crippen molar-refractivity contribution >= 4 is 35.8 Å². The van der Waals surface area contributed by atoms with E-state index in [-0.39, 0.29) is 29.6 Å². The van der Waals surface area contributed by atoms with Gasteiger partial charge in [0.25, 0.3) is 0 Å². The number of hydrogen-bond acceptors (Lipinski definition) is 5. The molecule has 0 atom stereocenters. The highest BCUT2D eigenvalue weighted by Crippen LogP contribution is 2.25. The summed E-state index contributed by atoms with van der Waals surface area (Å²) < 4.78 is 11.3. The van der Waals surface area contributed by atoms with Crippen LogP contribution in [0.25, 0.3) is 0 Å². The van der Waals surface area contributed by atoms with Gasteiger partial charge in [0.1, 0.15) is 5.82 Å². The van der Waals surface area contributed by atoms with Crippen molar-refractivity contribution in [2.45, 2.75) is 51.2 Å². The molecule has 29 heavy (non-hydrogen) atoms. The van der Waals surface area contributed by atoms with Crippen molar-refractivity contribution in [3.63, 3.8) is 0 Å². The van der Waals surface area contributed by atoms with Crippen molar-refractivity contribution in [3.05, 3.63) is 23.9 Å². The van der Waals surface area contributed by atoms with Gasteiger partial charge in [-0.05, 0) is 38.3 Å². The maximum Gasteiger partial charge on any atom is 0.191 e. The Hall–Kier alpha value is -1.13. The monoisotopic (exact) mass is 517 g/mol. The number of aliphatic imine (C=N–C) groups is 1. The average molecular weight is 517 g/mol. The van der Waals surface area contributed by atoms with Gasteiger partial charge in [-0.3, -0.25) is 4.99 Å². The first kappa shape index (κ1) is 24.1. The molecule has 1 aromatic heterocycles. The van der Waals surface area contributed by atoms with E-state index >= 15 is 0 Å². The first-order chi connectivity index (χ1) is 13.6. The zero-order valence-electron chi connectivity index (χ0n) is 17.9. The Morgan fingerprint density at radius 2 is 2.03 bits per heavy atom. The van der Waals surface area contributed by atoms with Gasteiger partial charge in [-0.25, -0.2) is 4.98 Å². The Bertz CT molecular complexity index is 626. The fourth-order valence-corrected chi connectivity index (χ4v) is 3.81. The van der Waals surface area contributed by atoms with Crippen LogP contribution in [0.15, 0.2) is 23.3 Å². The summed E-state index contributed by atoms with van der Waals surface area (Å²) in [5.41, 5.74) is 1.01. The summed E-state index contributed by atoms with van der Waals surface area (Å²) >= 11 is 0. The zero-order chi connectivity index (χ0) is 19.8. The molecule has 0 radical (unpaired) electrons. The van der Waals surface area contributed by atoms with Crippen molar-refractivity contribution < 1.29 is 9.47 Å². The van der Waals surface area contributed by atoms with Crippen LogP contribution in [0.2, 0.25) is 0 Å². The van der Waals surface area contributed by atoms with Gasteiger partial charge in [-0.1, -0.05) is 6.07 Å². The van der Waals surface area contributed by atoms with E-state index in [9.17, 15) is 0 Å². The molecule has 2 fully saturated rings. The number of anilines is 1. The number of methoxy groups -OCH3 is 1. The minimum Gasteiger partial charge on any atom is -0.381 e. The van der Waals surface area contributed by atoms with Crippen molar-refractivity contribution in [3.8, 4) is 0 Å². The average Bonchev–Trinajstić information content (AvgIpc) is 2.74. The van der Waals surface area contributed by atoms with Crippen LogP contribution < -0.4 is 15.5 Å². The number of halogens is 1. The SMILES string of the molecule is CCNC(=NCC1(OC)CCOCC1)NC1CCN(c2ccc(C)cn2)CC1.I. The van der Waals surface area contributed by atoms with Crippen LogP contribution in [-0.2, 0) is 9.47 Å². The van der Waals surface area contributed by atoms with E-state index in [1.54, 1.807) is 7.11 Å². The molecule has 2 N–H and O–H groups in total. The Morgan fingerprint density at radius 1 is 1.31 bits per heavy atom. The second kappa shape index (κ2) is 11.9. The molecule has 3 heterocycles. The van der Waals surface area contributed by atoms with Gasteiger partial charge in [0, 0.05) is 65.0 Å². The molecule has 2 aliphatic rings. The summed E-state index contributed by atoms with van der Waals surface area (Å²) in [6.45, 7) is 9.19. The lowest BCUT2D eigenvalue weighted by molar-refractivity contribution is -0.0828. The van der Waals surface area contributed by atoms with Crippen molar-refractivity contribution in [1.29, 1.82) is 0 Å². The van der Waals surface area contributed by atoms with Crippen molar-refractivity contribution in [1.82, 2.24) is 15.6 Å². The highest BCUT2D eigenvalue weighted by molar-refractivity contribution is 14.0. The number of guanidine groups is 1. The minimum absolute atomic E-state index is 0. The Morgan fingerprint density at radius 3 is 2.62 bits per heavy atom. The van der Waals surface area contributed by atoms with Crippen molar-refractivity contribution in [2.24, 2.45) is 4.99 Å². The number of pyridine rings is 1. The summed E-state index contributed by atoms with van der Waals surface area (Å²) in [6, 6.07) is 4.67. The van der Waals surface area contributed by atoms with Crippen LogP contribution >= 0.6 is 24.0 Å². The smallest absolute Gasteiger partial charge is 0.191 e. The number of aromatic nitrogens is 1. The molecule has 0 bridgehead atoms. The lowest BCUT2D eigenvalue weighted by Crippen LogP contribution is -2.50. The van der Waals surface area contributed by atoms with E-state index in [0.717, 1.165) is 70.3 Å². The summed E-state index contributed by atoms with van der Waals surface area (Å²) in [6.07, 6.45) is 5.88. The Kier molecular flexibility index (Phi) is 9.91. The van der Waals surface area contributed by atoms with Crippen LogP contribution in [-0.4, -0.2) is 69.1 Å². The fraction of sp³-hybridized carbons (Fsp3) is 0.714. The standard InChI is InChI=1S/C21H35N5O2.HI/c1-4-22-20(24-16-21(27-3)9-13-28-14-10-21)25-18-7-11-26(12-8-18)19-6-5-17(2)15-23-19;/h5-6,15,18H,4,7-14,16H2,1-3H3,(H2,22,24,25);1H. The summed E-state index contributed by atoms with van der Waals surface area (Å²) in [5.74, 6) is 1.96. The molecular weight excluding hydrogens is 481 g/mol. The number of piperidine rings is 1.